The molecule has 0 saturated heterocycles. The monoisotopic (exact) mass is 254 g/mol. The zero-order valence-corrected chi connectivity index (χ0v) is 11.3. The van der Waals surface area contributed by atoms with Gasteiger partial charge in [-0.15, -0.1) is 0 Å². The van der Waals surface area contributed by atoms with Gasteiger partial charge in [-0.2, -0.15) is 0 Å². The molecule has 2 rings (SSSR count). The number of hydrogen-bond donors (Lipinski definition) is 1. The van der Waals surface area contributed by atoms with E-state index in [1.807, 2.05) is 32.3 Å². The summed E-state index contributed by atoms with van der Waals surface area (Å²) in [5, 5.41) is 0.719. The van der Waals surface area contributed by atoms with Crippen LogP contribution < -0.4 is 10.5 Å². The first-order valence-electron chi connectivity index (χ1n) is 5.77. The van der Waals surface area contributed by atoms with E-state index in [4.69, 9.17) is 22.1 Å². The van der Waals surface area contributed by atoms with Crippen molar-refractivity contribution in [1.82, 2.24) is 4.90 Å². The van der Waals surface area contributed by atoms with E-state index in [9.17, 15) is 0 Å². The Morgan fingerprint density at radius 3 is 2.53 bits per heavy atom. The molecular weight excluding hydrogens is 236 g/mol. The van der Waals surface area contributed by atoms with Crippen molar-refractivity contribution in [2.75, 3.05) is 21.2 Å². The highest BCUT2D eigenvalue weighted by Crippen LogP contribution is 2.48. The van der Waals surface area contributed by atoms with Crippen LogP contribution in [0.2, 0.25) is 5.02 Å². The van der Waals surface area contributed by atoms with Gasteiger partial charge in [-0.1, -0.05) is 11.6 Å². The van der Waals surface area contributed by atoms with Crippen LogP contribution in [-0.2, 0) is 0 Å². The molecule has 0 bridgehead atoms. The van der Waals surface area contributed by atoms with Crippen molar-refractivity contribution in [2.24, 2.45) is 5.73 Å². The summed E-state index contributed by atoms with van der Waals surface area (Å²) in [4.78, 5) is 2.14. The summed E-state index contributed by atoms with van der Waals surface area (Å²) < 4.78 is 5.41. The molecule has 17 heavy (non-hydrogen) atoms. The molecule has 1 fully saturated rings. The number of hydrogen-bond acceptors (Lipinski definition) is 3. The van der Waals surface area contributed by atoms with E-state index in [-0.39, 0.29) is 11.6 Å². The van der Waals surface area contributed by atoms with Crippen LogP contribution in [0.3, 0.4) is 0 Å². The Kier molecular flexibility index (Phi) is 3.34. The number of methoxy groups -OCH3 is 1. The molecule has 4 heteroatoms. The van der Waals surface area contributed by atoms with Crippen molar-refractivity contribution < 1.29 is 4.74 Å². The van der Waals surface area contributed by atoms with Crippen LogP contribution in [0.15, 0.2) is 18.2 Å². The molecule has 0 aliphatic heterocycles. The number of rotatable bonds is 4. The largest absolute Gasteiger partial charge is 0.496 e. The highest BCUT2D eigenvalue weighted by atomic mass is 35.5. The second-order valence-corrected chi connectivity index (χ2v) is 5.42. The summed E-state index contributed by atoms with van der Waals surface area (Å²) in [5.74, 6) is 0.852. The van der Waals surface area contributed by atoms with Gasteiger partial charge in [0, 0.05) is 16.1 Å². The topological polar surface area (TPSA) is 38.5 Å². The van der Waals surface area contributed by atoms with Crippen LogP contribution in [-0.4, -0.2) is 31.6 Å². The Hall–Kier alpha value is -0.770. The van der Waals surface area contributed by atoms with Gasteiger partial charge in [-0.3, -0.25) is 0 Å². The smallest absolute Gasteiger partial charge is 0.123 e. The molecule has 1 aromatic rings. The van der Waals surface area contributed by atoms with E-state index in [1.54, 1.807) is 7.11 Å². The molecule has 1 aliphatic carbocycles. The third kappa shape index (κ3) is 2.41. The molecule has 1 saturated carbocycles. The fraction of sp³-hybridized carbons (Fsp3) is 0.538. The second kappa shape index (κ2) is 4.48. The number of nitrogens with zero attached hydrogens (tertiary/aromatic N) is 1. The van der Waals surface area contributed by atoms with E-state index in [0.29, 0.717) is 0 Å². The minimum atomic E-state index is -0.137. The van der Waals surface area contributed by atoms with Crippen LogP contribution in [0.5, 0.6) is 5.75 Å². The summed E-state index contributed by atoms with van der Waals surface area (Å²) in [7, 11) is 5.76. The van der Waals surface area contributed by atoms with Crippen LogP contribution in [0.4, 0.5) is 0 Å². The number of likely N-dealkylation sites (N-methyl/N-ethyl adjacent to an activating group) is 1. The van der Waals surface area contributed by atoms with Crippen LogP contribution in [0.1, 0.15) is 24.4 Å². The maximum atomic E-state index is 6.36. The Bertz CT molecular complexity index is 416. The van der Waals surface area contributed by atoms with Crippen LogP contribution in [0.25, 0.3) is 0 Å². The number of ether oxygens (including phenoxy) is 1. The third-order valence-corrected chi connectivity index (χ3v) is 3.61. The van der Waals surface area contributed by atoms with Crippen molar-refractivity contribution in [3.05, 3.63) is 28.8 Å². The fourth-order valence-corrected chi connectivity index (χ4v) is 2.62. The summed E-state index contributed by atoms with van der Waals surface area (Å²) in [6, 6.07) is 5.85. The van der Waals surface area contributed by atoms with E-state index in [0.717, 1.165) is 29.2 Å². The Balaban J connectivity index is 2.45. The number of halogens is 1. The highest BCUT2D eigenvalue weighted by Gasteiger charge is 2.48. The molecule has 1 aliphatic rings. The first kappa shape index (κ1) is 12.7. The number of nitrogens with two attached hydrogens (primary N) is 1. The molecule has 2 N–H and O–H groups in total. The van der Waals surface area contributed by atoms with Crippen LogP contribution >= 0.6 is 11.6 Å². The first-order valence-corrected chi connectivity index (χ1v) is 6.14. The van der Waals surface area contributed by atoms with Gasteiger partial charge in [-0.05, 0) is 45.1 Å². The average Bonchev–Trinajstić information content (AvgIpc) is 2.97. The summed E-state index contributed by atoms with van der Waals surface area (Å²) >= 11 is 6.08. The van der Waals surface area contributed by atoms with Gasteiger partial charge in [0.1, 0.15) is 5.75 Å². The lowest BCUT2D eigenvalue weighted by Gasteiger charge is -2.31. The fourth-order valence-electron chi connectivity index (χ4n) is 2.44. The quantitative estimate of drug-likeness (QED) is 0.897. The molecule has 0 heterocycles. The van der Waals surface area contributed by atoms with Crippen molar-refractivity contribution >= 4 is 11.6 Å². The lowest BCUT2D eigenvalue weighted by Crippen LogP contribution is -2.39. The van der Waals surface area contributed by atoms with E-state index in [1.165, 1.54) is 0 Å². The number of benzene rings is 1. The van der Waals surface area contributed by atoms with Crippen molar-refractivity contribution in [2.45, 2.75) is 24.4 Å². The lowest BCUT2D eigenvalue weighted by molar-refractivity contribution is 0.239. The Morgan fingerprint density at radius 2 is 2.06 bits per heavy atom. The minimum absolute atomic E-state index is 0.137. The minimum Gasteiger partial charge on any atom is -0.496 e. The molecule has 0 radical (unpaired) electrons. The van der Waals surface area contributed by atoms with Gasteiger partial charge in [0.05, 0.1) is 13.2 Å². The predicted octanol–water partition coefficient (Wildman–Crippen LogP) is 2.44. The van der Waals surface area contributed by atoms with Gasteiger partial charge < -0.3 is 15.4 Å². The standard InChI is InChI=1S/C13H19ClN2O/c1-16(2)12(13(15)6-7-13)10-8-9(14)4-5-11(10)17-3/h4-5,8,12H,6-7,15H2,1-3H3. The van der Waals surface area contributed by atoms with Crippen molar-refractivity contribution in [3.8, 4) is 5.75 Å². The SMILES string of the molecule is COc1ccc(Cl)cc1C(N(C)C)C1(N)CC1. The van der Waals surface area contributed by atoms with Gasteiger partial charge in [-0.25, -0.2) is 0 Å². The van der Waals surface area contributed by atoms with Gasteiger partial charge >= 0.3 is 0 Å². The molecule has 0 aromatic heterocycles. The summed E-state index contributed by atoms with van der Waals surface area (Å²) in [6.07, 6.45) is 2.09. The maximum Gasteiger partial charge on any atom is 0.123 e. The third-order valence-electron chi connectivity index (χ3n) is 3.37. The maximum absolute atomic E-state index is 6.36. The van der Waals surface area contributed by atoms with E-state index in [2.05, 4.69) is 4.90 Å². The van der Waals surface area contributed by atoms with E-state index < -0.39 is 0 Å². The summed E-state index contributed by atoms with van der Waals surface area (Å²) in [6.45, 7) is 0. The Labute approximate surface area is 107 Å². The van der Waals surface area contributed by atoms with Crippen LogP contribution in [0, 0.1) is 0 Å². The average molecular weight is 255 g/mol. The van der Waals surface area contributed by atoms with Crippen molar-refractivity contribution in [1.29, 1.82) is 0 Å². The molecule has 1 atom stereocenters. The highest BCUT2D eigenvalue weighted by molar-refractivity contribution is 6.30. The molecule has 94 valence electrons. The normalized spacial score (nSPS) is 19.2. The predicted molar refractivity (Wildman–Crippen MR) is 70.6 cm³/mol. The second-order valence-electron chi connectivity index (χ2n) is 4.99. The zero-order chi connectivity index (χ0) is 12.6. The molecular formula is C13H19ClN2O. The summed E-state index contributed by atoms with van der Waals surface area (Å²) in [5.41, 5.74) is 7.29. The molecule has 3 nitrogen and oxygen atoms in total. The van der Waals surface area contributed by atoms with Crippen molar-refractivity contribution in [3.63, 3.8) is 0 Å². The zero-order valence-electron chi connectivity index (χ0n) is 10.5. The van der Waals surface area contributed by atoms with Gasteiger partial charge in [0.25, 0.3) is 0 Å². The van der Waals surface area contributed by atoms with E-state index >= 15 is 0 Å². The molecule has 0 amide bonds. The Morgan fingerprint density at radius 1 is 1.41 bits per heavy atom. The van der Waals surface area contributed by atoms with Gasteiger partial charge in [0.2, 0.25) is 0 Å². The molecule has 1 aromatic carbocycles. The molecule has 0 spiro atoms. The molecule has 1 unspecified atom stereocenters. The van der Waals surface area contributed by atoms with Gasteiger partial charge in [0.15, 0.2) is 0 Å². The lowest BCUT2D eigenvalue weighted by atomic mass is 9.96. The first-order chi connectivity index (χ1) is 7.98.